The van der Waals surface area contributed by atoms with Crippen LogP contribution in [0, 0.1) is 6.92 Å². The van der Waals surface area contributed by atoms with Gasteiger partial charge in [-0.15, -0.1) is 0 Å². The van der Waals surface area contributed by atoms with Gasteiger partial charge in [0.25, 0.3) is 0 Å². The number of amides is 1. The molecular weight excluding hydrogens is 332 g/mol. The van der Waals surface area contributed by atoms with Crippen molar-refractivity contribution in [2.75, 3.05) is 12.4 Å². The number of carbonyl (C=O) groups is 1. The topological polar surface area (TPSA) is 51.2 Å². The van der Waals surface area contributed by atoms with E-state index in [0.717, 1.165) is 21.3 Å². The van der Waals surface area contributed by atoms with Crippen LogP contribution in [0.4, 0.5) is 5.82 Å². The molecule has 0 aliphatic heterocycles. The van der Waals surface area contributed by atoms with E-state index >= 15 is 0 Å². The number of carbonyl (C=O) groups excluding carboxylic acids is 1. The van der Waals surface area contributed by atoms with Crippen molar-refractivity contribution < 1.29 is 9.53 Å². The van der Waals surface area contributed by atoms with Crippen molar-refractivity contribution in [3.8, 4) is 5.75 Å². The van der Waals surface area contributed by atoms with Gasteiger partial charge in [-0.3, -0.25) is 4.79 Å². The molecule has 0 unspecified atom stereocenters. The number of hydrogen-bond donors (Lipinski definition) is 1. The predicted molar refractivity (Wildman–Crippen MR) is 87.3 cm³/mol. The maximum absolute atomic E-state index is 11.9. The normalized spacial score (nSPS) is 10.6. The first kappa shape index (κ1) is 15.3. The molecule has 0 aliphatic rings. The minimum Gasteiger partial charge on any atom is -0.496 e. The number of halogens is 1. The summed E-state index contributed by atoms with van der Waals surface area (Å²) in [5.74, 6) is 0.990. The van der Waals surface area contributed by atoms with Gasteiger partial charge in [0.1, 0.15) is 11.6 Å². The van der Waals surface area contributed by atoms with Gasteiger partial charge in [-0.1, -0.05) is 11.6 Å². The second-order valence-corrected chi connectivity index (χ2v) is 5.35. The molecule has 108 valence electrons. The number of anilines is 1. The van der Waals surface area contributed by atoms with Crippen LogP contribution < -0.4 is 10.1 Å². The van der Waals surface area contributed by atoms with E-state index in [0.29, 0.717) is 5.82 Å². The van der Waals surface area contributed by atoms with E-state index in [-0.39, 0.29) is 5.91 Å². The first-order chi connectivity index (χ1) is 10.1. The van der Waals surface area contributed by atoms with Gasteiger partial charge < -0.3 is 10.1 Å². The number of hydrogen-bond acceptors (Lipinski definition) is 3. The van der Waals surface area contributed by atoms with E-state index in [2.05, 4.69) is 26.2 Å². The van der Waals surface area contributed by atoms with E-state index in [1.165, 1.54) is 6.08 Å². The predicted octanol–water partition coefficient (Wildman–Crippen LogP) is 3.81. The van der Waals surface area contributed by atoms with Crippen LogP contribution >= 0.6 is 15.9 Å². The van der Waals surface area contributed by atoms with Crippen LogP contribution in [0.5, 0.6) is 5.75 Å². The molecule has 0 fully saturated rings. The Balaban J connectivity index is 2.08. The summed E-state index contributed by atoms with van der Waals surface area (Å²) >= 11 is 3.29. The van der Waals surface area contributed by atoms with Crippen molar-refractivity contribution in [3.63, 3.8) is 0 Å². The molecule has 0 spiro atoms. The van der Waals surface area contributed by atoms with Crippen LogP contribution in [0.15, 0.2) is 47.1 Å². The van der Waals surface area contributed by atoms with Crippen molar-refractivity contribution in [2.45, 2.75) is 6.92 Å². The summed E-state index contributed by atoms with van der Waals surface area (Å²) in [6, 6.07) is 9.34. The quantitative estimate of drug-likeness (QED) is 0.856. The summed E-state index contributed by atoms with van der Waals surface area (Å²) in [5.41, 5.74) is 1.96. The number of nitrogens with zero attached hydrogens (tertiary/aromatic N) is 1. The van der Waals surface area contributed by atoms with Gasteiger partial charge in [-0.05, 0) is 53.2 Å². The van der Waals surface area contributed by atoms with Crippen molar-refractivity contribution in [1.29, 1.82) is 0 Å². The maximum Gasteiger partial charge on any atom is 0.249 e. The number of rotatable bonds is 4. The van der Waals surface area contributed by atoms with E-state index in [1.54, 1.807) is 25.4 Å². The lowest BCUT2D eigenvalue weighted by atomic mass is 10.1. The molecule has 2 aromatic rings. The minimum absolute atomic E-state index is 0.242. The Labute approximate surface area is 132 Å². The van der Waals surface area contributed by atoms with Crippen LogP contribution in [0.1, 0.15) is 11.1 Å². The van der Waals surface area contributed by atoms with E-state index in [1.807, 2.05) is 31.2 Å². The maximum atomic E-state index is 11.9. The Morgan fingerprint density at radius 2 is 2.14 bits per heavy atom. The standard InChI is InChI=1S/C16H15BrN2O2/c1-11-3-6-14(21-2)12(9-11)4-8-16(20)19-15-7-5-13(17)10-18-15/h3-10H,1-2H3,(H,18,19,20)/b8-4+. The average molecular weight is 347 g/mol. The Morgan fingerprint density at radius 1 is 1.33 bits per heavy atom. The summed E-state index contributed by atoms with van der Waals surface area (Å²) in [6.07, 6.45) is 4.81. The molecule has 0 saturated heterocycles. The summed E-state index contributed by atoms with van der Waals surface area (Å²) in [7, 11) is 1.60. The molecule has 0 aliphatic carbocycles. The SMILES string of the molecule is COc1ccc(C)cc1/C=C/C(=O)Nc1ccc(Br)cn1. The van der Waals surface area contributed by atoms with Crippen molar-refractivity contribution in [1.82, 2.24) is 4.98 Å². The van der Waals surface area contributed by atoms with Gasteiger partial charge in [0.15, 0.2) is 0 Å². The summed E-state index contributed by atoms with van der Waals surface area (Å²) in [5, 5.41) is 2.69. The second kappa shape index (κ2) is 7.04. The zero-order valence-electron chi connectivity index (χ0n) is 11.8. The molecule has 1 aromatic heterocycles. The molecule has 4 nitrogen and oxygen atoms in total. The van der Waals surface area contributed by atoms with Crippen molar-refractivity contribution >= 4 is 33.7 Å². The lowest BCUT2D eigenvalue weighted by Gasteiger charge is -2.05. The van der Waals surface area contributed by atoms with Crippen LogP contribution in [0.2, 0.25) is 0 Å². The summed E-state index contributed by atoms with van der Waals surface area (Å²) in [6.45, 7) is 1.99. The third-order valence-electron chi connectivity index (χ3n) is 2.78. The van der Waals surface area contributed by atoms with Crippen molar-refractivity contribution in [3.05, 3.63) is 58.2 Å². The van der Waals surface area contributed by atoms with E-state index < -0.39 is 0 Å². The number of benzene rings is 1. The van der Waals surface area contributed by atoms with Crippen LogP contribution in [0.3, 0.4) is 0 Å². The highest BCUT2D eigenvalue weighted by Crippen LogP contribution is 2.21. The number of nitrogens with one attached hydrogen (secondary N) is 1. The molecule has 1 heterocycles. The largest absolute Gasteiger partial charge is 0.496 e. The van der Waals surface area contributed by atoms with Crippen molar-refractivity contribution in [2.24, 2.45) is 0 Å². The highest BCUT2D eigenvalue weighted by molar-refractivity contribution is 9.10. The Kier molecular flexibility index (Phi) is 5.11. The molecule has 0 bridgehead atoms. The monoisotopic (exact) mass is 346 g/mol. The zero-order valence-corrected chi connectivity index (χ0v) is 13.3. The van der Waals surface area contributed by atoms with Gasteiger partial charge in [0.2, 0.25) is 5.91 Å². The molecule has 1 N–H and O–H groups in total. The van der Waals surface area contributed by atoms with E-state index in [9.17, 15) is 4.79 Å². The average Bonchev–Trinajstić information content (AvgIpc) is 2.48. The Bertz CT molecular complexity index is 666. The Morgan fingerprint density at radius 3 is 2.81 bits per heavy atom. The molecule has 1 amide bonds. The Hall–Kier alpha value is -2.14. The molecule has 21 heavy (non-hydrogen) atoms. The van der Waals surface area contributed by atoms with Crippen LogP contribution in [0.25, 0.3) is 6.08 Å². The highest BCUT2D eigenvalue weighted by atomic mass is 79.9. The van der Waals surface area contributed by atoms with Gasteiger partial charge in [0, 0.05) is 22.3 Å². The van der Waals surface area contributed by atoms with Gasteiger partial charge in [-0.25, -0.2) is 4.98 Å². The zero-order chi connectivity index (χ0) is 15.2. The first-order valence-corrected chi connectivity index (χ1v) is 7.13. The van der Waals surface area contributed by atoms with Gasteiger partial charge >= 0.3 is 0 Å². The molecule has 5 heteroatoms. The smallest absolute Gasteiger partial charge is 0.249 e. The number of methoxy groups -OCH3 is 1. The fraction of sp³-hybridized carbons (Fsp3) is 0.125. The molecule has 0 saturated carbocycles. The lowest BCUT2D eigenvalue weighted by Crippen LogP contribution is -2.08. The molecule has 2 rings (SSSR count). The van der Waals surface area contributed by atoms with Crippen LogP contribution in [-0.2, 0) is 4.79 Å². The molecule has 0 radical (unpaired) electrons. The van der Waals surface area contributed by atoms with Crippen LogP contribution in [-0.4, -0.2) is 18.0 Å². The number of aromatic nitrogens is 1. The molecular formula is C16H15BrN2O2. The first-order valence-electron chi connectivity index (χ1n) is 6.34. The summed E-state index contributed by atoms with van der Waals surface area (Å²) in [4.78, 5) is 15.9. The van der Waals surface area contributed by atoms with E-state index in [4.69, 9.17) is 4.74 Å². The lowest BCUT2D eigenvalue weighted by molar-refractivity contribution is -0.111. The summed E-state index contributed by atoms with van der Waals surface area (Å²) < 4.78 is 6.13. The van der Waals surface area contributed by atoms with Gasteiger partial charge in [0.05, 0.1) is 7.11 Å². The highest BCUT2D eigenvalue weighted by Gasteiger charge is 2.02. The molecule has 1 aromatic carbocycles. The number of aryl methyl sites for hydroxylation is 1. The number of ether oxygens (including phenoxy) is 1. The second-order valence-electron chi connectivity index (χ2n) is 4.43. The minimum atomic E-state index is -0.242. The van der Waals surface area contributed by atoms with Gasteiger partial charge in [-0.2, -0.15) is 0 Å². The third kappa shape index (κ3) is 4.43. The fourth-order valence-electron chi connectivity index (χ4n) is 1.77. The number of pyridine rings is 1. The fourth-order valence-corrected chi connectivity index (χ4v) is 2.00. The third-order valence-corrected chi connectivity index (χ3v) is 3.25. The molecule has 0 atom stereocenters.